The van der Waals surface area contributed by atoms with Crippen molar-refractivity contribution >= 4 is 46.3 Å². The van der Waals surface area contributed by atoms with Crippen molar-refractivity contribution in [1.82, 2.24) is 5.32 Å². The number of nitrogens with one attached hydrogen (secondary N) is 2. The number of hydrogen-bond acceptors (Lipinski definition) is 7. The number of amides is 4. The van der Waals surface area contributed by atoms with E-state index in [9.17, 15) is 19.2 Å². The van der Waals surface area contributed by atoms with Crippen molar-refractivity contribution in [3.05, 3.63) is 53.1 Å². The number of ether oxygens (including phenoxy) is 2. The monoisotopic (exact) mass is 553 g/mol. The fourth-order valence-corrected chi connectivity index (χ4v) is 5.72. The van der Waals surface area contributed by atoms with Gasteiger partial charge in [-0.1, -0.05) is 62.6 Å². The Balaban J connectivity index is 1.42. The molecule has 0 radical (unpaired) electrons. The second-order valence-corrected chi connectivity index (χ2v) is 10.9. The van der Waals surface area contributed by atoms with Crippen LogP contribution in [0.2, 0.25) is 0 Å². The Bertz CT molecular complexity index is 1220. The Morgan fingerprint density at radius 2 is 1.82 bits per heavy atom. The predicted molar refractivity (Wildman–Crippen MR) is 151 cm³/mol. The first-order chi connectivity index (χ1) is 18.9. The lowest BCUT2D eigenvalue weighted by Crippen LogP contribution is -2.35. The molecule has 2 aromatic carbocycles. The van der Waals surface area contributed by atoms with Crippen LogP contribution in [0.25, 0.3) is 0 Å². The van der Waals surface area contributed by atoms with E-state index in [0.717, 1.165) is 47.7 Å². The zero-order valence-corrected chi connectivity index (χ0v) is 23.2. The second kappa shape index (κ2) is 13.5. The average Bonchev–Trinajstić information content (AvgIpc) is 3.24. The van der Waals surface area contributed by atoms with E-state index in [1.165, 1.54) is 12.8 Å². The van der Waals surface area contributed by atoms with E-state index in [2.05, 4.69) is 17.6 Å². The molecule has 0 saturated carbocycles. The van der Waals surface area contributed by atoms with Crippen LogP contribution < -0.4 is 20.3 Å². The molecule has 2 heterocycles. The van der Waals surface area contributed by atoms with Crippen molar-refractivity contribution in [2.45, 2.75) is 70.1 Å². The zero-order valence-electron chi connectivity index (χ0n) is 22.4. The summed E-state index contributed by atoms with van der Waals surface area (Å²) in [5, 5.41) is 4.25. The van der Waals surface area contributed by atoms with Crippen LogP contribution in [-0.4, -0.2) is 42.1 Å². The van der Waals surface area contributed by atoms with Gasteiger partial charge >= 0.3 is 6.09 Å². The summed E-state index contributed by atoms with van der Waals surface area (Å²) in [6, 6.07) is 11.0. The smallest absolute Gasteiger partial charge is 0.411 e. The Morgan fingerprint density at radius 1 is 1.05 bits per heavy atom. The number of anilines is 2. The van der Waals surface area contributed by atoms with Gasteiger partial charge in [0.15, 0.2) is 0 Å². The quantitative estimate of drug-likeness (QED) is 0.330. The molecule has 0 aromatic heterocycles. The minimum absolute atomic E-state index is 0.0224. The van der Waals surface area contributed by atoms with E-state index in [4.69, 9.17) is 9.47 Å². The van der Waals surface area contributed by atoms with Crippen molar-refractivity contribution in [1.29, 1.82) is 0 Å². The molecule has 0 aliphatic carbocycles. The average molecular weight is 554 g/mol. The molecule has 2 aliphatic rings. The number of nitrogens with zero attached hydrogens (tertiary/aromatic N) is 1. The first-order valence-electron chi connectivity index (χ1n) is 13.4. The number of rotatable bonds is 12. The fraction of sp³-hybridized carbons (Fsp3) is 0.448. The number of carbonyl (C=O) groups is 4. The van der Waals surface area contributed by atoms with Gasteiger partial charge in [0, 0.05) is 12.1 Å². The molecule has 4 amide bonds. The van der Waals surface area contributed by atoms with Crippen molar-refractivity contribution < 1.29 is 28.7 Å². The number of methoxy groups -OCH3 is 1. The molecule has 2 aliphatic heterocycles. The van der Waals surface area contributed by atoms with E-state index >= 15 is 0 Å². The summed E-state index contributed by atoms with van der Waals surface area (Å²) in [4.78, 5) is 50.7. The third kappa shape index (κ3) is 7.32. The van der Waals surface area contributed by atoms with E-state index in [0.29, 0.717) is 49.5 Å². The minimum Gasteiger partial charge on any atom is -0.495 e. The van der Waals surface area contributed by atoms with Gasteiger partial charge in [0.05, 0.1) is 31.2 Å². The van der Waals surface area contributed by atoms with E-state index < -0.39 is 11.3 Å². The number of benzene rings is 2. The summed E-state index contributed by atoms with van der Waals surface area (Å²) in [6.45, 7) is 2.88. The molecule has 1 atom stereocenters. The van der Waals surface area contributed by atoms with Gasteiger partial charge < -0.3 is 14.4 Å². The lowest BCUT2D eigenvalue weighted by Gasteiger charge is -2.32. The zero-order chi connectivity index (χ0) is 27.8. The summed E-state index contributed by atoms with van der Waals surface area (Å²) in [6.07, 6.45) is 6.21. The first kappa shape index (κ1) is 28.5. The SMILES string of the molecule is CCCCCCCOC(=O)Nc1ccc(CN2C(=O)CCc3c(CC4SC(=O)NC4=O)ccc(OC)c32)cc1. The standard InChI is InChI=1S/C29H35N3O6S/c1-3-4-5-6-7-16-38-28(35)30-21-11-8-19(9-12-21)18-32-25(33)15-13-22-20(10-14-23(37-2)26(22)32)17-24-27(34)31-29(36)39-24/h8-12,14,24H,3-7,13,15-18H2,1-2H3,(H,30,35)(H,31,34,36). The normalized spacial score (nSPS) is 16.6. The highest BCUT2D eigenvalue weighted by molar-refractivity contribution is 8.15. The third-order valence-corrected chi connectivity index (χ3v) is 7.90. The highest BCUT2D eigenvalue weighted by atomic mass is 32.2. The van der Waals surface area contributed by atoms with Gasteiger partial charge in [-0.2, -0.15) is 0 Å². The Morgan fingerprint density at radius 3 is 2.51 bits per heavy atom. The maximum Gasteiger partial charge on any atom is 0.411 e. The summed E-state index contributed by atoms with van der Waals surface area (Å²) in [5.41, 5.74) is 4.08. The van der Waals surface area contributed by atoms with Crippen LogP contribution >= 0.6 is 11.8 Å². The Kier molecular flexibility index (Phi) is 9.86. The molecule has 39 heavy (non-hydrogen) atoms. The largest absolute Gasteiger partial charge is 0.495 e. The van der Waals surface area contributed by atoms with Crippen LogP contribution in [0.4, 0.5) is 21.0 Å². The number of imide groups is 1. The topological polar surface area (TPSA) is 114 Å². The molecular weight excluding hydrogens is 518 g/mol. The molecular formula is C29H35N3O6S. The number of carbonyl (C=O) groups excluding carboxylic acids is 4. The van der Waals surface area contributed by atoms with Gasteiger partial charge in [-0.3, -0.25) is 25.0 Å². The van der Waals surface area contributed by atoms with E-state index in [1.807, 2.05) is 24.3 Å². The van der Waals surface area contributed by atoms with Crippen molar-refractivity contribution in [3.8, 4) is 5.75 Å². The summed E-state index contributed by atoms with van der Waals surface area (Å²) < 4.78 is 10.9. The molecule has 4 rings (SSSR count). The molecule has 1 unspecified atom stereocenters. The predicted octanol–water partition coefficient (Wildman–Crippen LogP) is 5.59. The number of thioether (sulfide) groups is 1. The summed E-state index contributed by atoms with van der Waals surface area (Å²) in [5.74, 6) is 0.269. The van der Waals surface area contributed by atoms with Gasteiger partial charge in [-0.05, 0) is 54.2 Å². The highest BCUT2D eigenvalue weighted by Gasteiger charge is 2.35. The van der Waals surface area contributed by atoms with Gasteiger partial charge in [0.25, 0.3) is 5.24 Å². The molecule has 10 heteroatoms. The Labute approximate surface area is 233 Å². The minimum atomic E-state index is -0.492. The molecule has 0 bridgehead atoms. The van der Waals surface area contributed by atoms with Crippen LogP contribution in [0, 0.1) is 0 Å². The lowest BCUT2D eigenvalue weighted by atomic mass is 9.92. The van der Waals surface area contributed by atoms with E-state index in [-0.39, 0.29) is 17.1 Å². The van der Waals surface area contributed by atoms with Crippen LogP contribution in [0.5, 0.6) is 5.75 Å². The van der Waals surface area contributed by atoms with Gasteiger partial charge in [-0.15, -0.1) is 0 Å². The maximum atomic E-state index is 13.1. The van der Waals surface area contributed by atoms with E-state index in [1.54, 1.807) is 24.1 Å². The van der Waals surface area contributed by atoms with Crippen LogP contribution in [0.3, 0.4) is 0 Å². The third-order valence-electron chi connectivity index (χ3n) is 6.92. The van der Waals surface area contributed by atoms with Gasteiger partial charge in [-0.25, -0.2) is 4.79 Å². The molecule has 208 valence electrons. The number of fused-ring (bicyclic) bond motifs is 1. The molecule has 2 aromatic rings. The molecule has 1 saturated heterocycles. The van der Waals surface area contributed by atoms with Gasteiger partial charge in [0.2, 0.25) is 11.8 Å². The fourth-order valence-electron chi connectivity index (χ4n) is 4.87. The lowest BCUT2D eigenvalue weighted by molar-refractivity contribution is -0.119. The van der Waals surface area contributed by atoms with Crippen molar-refractivity contribution in [3.63, 3.8) is 0 Å². The summed E-state index contributed by atoms with van der Waals surface area (Å²) in [7, 11) is 1.57. The summed E-state index contributed by atoms with van der Waals surface area (Å²) >= 11 is 0.996. The molecule has 1 fully saturated rings. The Hall–Kier alpha value is -3.53. The molecule has 0 spiro atoms. The van der Waals surface area contributed by atoms with Crippen molar-refractivity contribution in [2.24, 2.45) is 0 Å². The van der Waals surface area contributed by atoms with Crippen LogP contribution in [0.1, 0.15) is 62.1 Å². The highest BCUT2D eigenvalue weighted by Crippen LogP contribution is 2.41. The maximum absolute atomic E-state index is 13.1. The first-order valence-corrected chi connectivity index (χ1v) is 14.3. The second-order valence-electron chi connectivity index (χ2n) is 9.69. The van der Waals surface area contributed by atoms with Gasteiger partial charge in [0.1, 0.15) is 5.75 Å². The number of hydrogen-bond donors (Lipinski definition) is 2. The molecule has 9 nitrogen and oxygen atoms in total. The van der Waals surface area contributed by atoms with Crippen LogP contribution in [-0.2, 0) is 33.7 Å². The van der Waals surface area contributed by atoms with Crippen molar-refractivity contribution in [2.75, 3.05) is 23.9 Å². The van der Waals surface area contributed by atoms with Crippen LogP contribution in [0.15, 0.2) is 36.4 Å². The number of unbranched alkanes of at least 4 members (excludes halogenated alkanes) is 4. The molecule has 2 N–H and O–H groups in total.